The lowest BCUT2D eigenvalue weighted by molar-refractivity contribution is 0.0598. The van der Waals surface area contributed by atoms with Crippen molar-refractivity contribution in [2.24, 2.45) is 11.3 Å². The number of amides is 1. The molecule has 0 atom stereocenters. The van der Waals surface area contributed by atoms with Crippen LogP contribution in [0.2, 0.25) is 0 Å². The second-order valence-electron chi connectivity index (χ2n) is 7.63. The predicted molar refractivity (Wildman–Crippen MR) is 101 cm³/mol. The Hall–Kier alpha value is -1.29. The molecule has 5 rings (SSSR count). The van der Waals surface area contributed by atoms with Crippen LogP contribution in [0.3, 0.4) is 0 Å². The summed E-state index contributed by atoms with van der Waals surface area (Å²) in [6.45, 7) is 3.81. The maximum atomic E-state index is 12.9. The van der Waals surface area contributed by atoms with Gasteiger partial charge in [-0.2, -0.15) is 0 Å². The summed E-state index contributed by atoms with van der Waals surface area (Å²) in [5.41, 5.74) is 2.28. The van der Waals surface area contributed by atoms with Crippen LogP contribution in [0.4, 0.5) is 0 Å². The standard InChI is InChI=1S/C20H25BrN2O/c1-2-23-12-15(18-16(21)4-3-5-17(18)23)19(24)22-13-20-9-6-14(7-10-20)8-11-20/h3-5,12,14H,2,6-11,13H2,1H3,(H,22,24). The van der Waals surface area contributed by atoms with E-state index in [9.17, 15) is 4.79 Å². The number of carbonyl (C=O) groups is 1. The van der Waals surface area contributed by atoms with Gasteiger partial charge in [-0.3, -0.25) is 4.79 Å². The third-order valence-electron chi connectivity index (χ3n) is 6.31. The summed E-state index contributed by atoms with van der Waals surface area (Å²) in [5, 5.41) is 4.30. The number of carbonyl (C=O) groups excluding carboxylic acids is 1. The van der Waals surface area contributed by atoms with Crippen LogP contribution in [0, 0.1) is 11.3 Å². The fourth-order valence-corrected chi connectivity index (χ4v) is 5.28. The molecule has 128 valence electrons. The van der Waals surface area contributed by atoms with Crippen LogP contribution < -0.4 is 5.32 Å². The highest BCUT2D eigenvalue weighted by Crippen LogP contribution is 2.49. The first-order chi connectivity index (χ1) is 11.6. The number of fused-ring (bicyclic) bond motifs is 4. The van der Waals surface area contributed by atoms with Crippen molar-refractivity contribution in [3.63, 3.8) is 0 Å². The minimum Gasteiger partial charge on any atom is -0.351 e. The summed E-state index contributed by atoms with van der Waals surface area (Å²) in [6, 6.07) is 6.13. The fraction of sp³-hybridized carbons (Fsp3) is 0.550. The summed E-state index contributed by atoms with van der Waals surface area (Å²) in [4.78, 5) is 12.9. The van der Waals surface area contributed by atoms with Gasteiger partial charge in [0, 0.05) is 34.7 Å². The first kappa shape index (κ1) is 16.2. The Morgan fingerprint density at radius 3 is 2.67 bits per heavy atom. The smallest absolute Gasteiger partial charge is 0.253 e. The van der Waals surface area contributed by atoms with Crippen LogP contribution in [0.5, 0.6) is 0 Å². The van der Waals surface area contributed by atoms with E-state index in [1.807, 2.05) is 18.3 Å². The number of aryl methyl sites for hydroxylation is 1. The highest BCUT2D eigenvalue weighted by atomic mass is 79.9. The third-order valence-corrected chi connectivity index (χ3v) is 6.97. The van der Waals surface area contributed by atoms with E-state index < -0.39 is 0 Å². The number of nitrogens with one attached hydrogen (secondary N) is 1. The molecule has 1 aromatic heterocycles. The minimum absolute atomic E-state index is 0.0705. The summed E-state index contributed by atoms with van der Waals surface area (Å²) in [5.74, 6) is 1.03. The van der Waals surface area contributed by atoms with Crippen molar-refractivity contribution < 1.29 is 4.79 Å². The lowest BCUT2D eigenvalue weighted by Gasteiger charge is -2.46. The lowest BCUT2D eigenvalue weighted by Crippen LogP contribution is -2.43. The van der Waals surface area contributed by atoms with Crippen LogP contribution >= 0.6 is 15.9 Å². The molecular formula is C20H25BrN2O. The average molecular weight is 389 g/mol. The number of benzene rings is 1. The Morgan fingerprint density at radius 1 is 1.29 bits per heavy atom. The van der Waals surface area contributed by atoms with Gasteiger partial charge in [0.25, 0.3) is 5.91 Å². The van der Waals surface area contributed by atoms with Crippen LogP contribution in [-0.4, -0.2) is 17.0 Å². The Kier molecular flexibility index (Phi) is 4.19. The van der Waals surface area contributed by atoms with Gasteiger partial charge in [-0.15, -0.1) is 0 Å². The summed E-state index contributed by atoms with van der Waals surface area (Å²) in [7, 11) is 0. The first-order valence-corrected chi connectivity index (χ1v) is 9.97. The summed E-state index contributed by atoms with van der Waals surface area (Å²) < 4.78 is 3.15. The van der Waals surface area contributed by atoms with Gasteiger partial charge in [-0.1, -0.05) is 22.0 Å². The molecule has 0 aliphatic heterocycles. The van der Waals surface area contributed by atoms with Crippen molar-refractivity contribution in [2.75, 3.05) is 6.54 Å². The van der Waals surface area contributed by atoms with E-state index in [-0.39, 0.29) is 5.91 Å². The minimum atomic E-state index is 0.0705. The topological polar surface area (TPSA) is 34.0 Å². The lowest BCUT2D eigenvalue weighted by atomic mass is 9.61. The number of aromatic nitrogens is 1. The van der Waals surface area contributed by atoms with Crippen molar-refractivity contribution >= 4 is 32.7 Å². The van der Waals surface area contributed by atoms with Gasteiger partial charge in [0.15, 0.2) is 0 Å². The normalized spacial score (nSPS) is 26.0. The predicted octanol–water partition coefficient (Wildman–Crippen LogP) is 5.12. The quantitative estimate of drug-likeness (QED) is 0.774. The molecule has 0 saturated heterocycles. The zero-order chi connectivity index (χ0) is 16.7. The molecule has 0 unspecified atom stereocenters. The van der Waals surface area contributed by atoms with E-state index in [4.69, 9.17) is 0 Å². The van der Waals surface area contributed by atoms with Gasteiger partial charge in [0.05, 0.1) is 5.56 Å². The average Bonchev–Trinajstić information content (AvgIpc) is 3.02. The molecule has 2 aromatic rings. The number of rotatable bonds is 4. The second kappa shape index (κ2) is 6.21. The molecule has 1 aromatic carbocycles. The maximum absolute atomic E-state index is 12.9. The number of hydrogen-bond acceptors (Lipinski definition) is 1. The zero-order valence-corrected chi connectivity index (χ0v) is 15.9. The van der Waals surface area contributed by atoms with Crippen molar-refractivity contribution in [3.05, 3.63) is 34.4 Å². The Labute approximate surface area is 151 Å². The molecule has 1 heterocycles. The molecule has 3 aliphatic rings. The molecule has 1 N–H and O–H groups in total. The molecule has 0 spiro atoms. The van der Waals surface area contributed by atoms with Crippen molar-refractivity contribution in [1.82, 2.24) is 9.88 Å². The molecule has 3 saturated carbocycles. The molecule has 1 amide bonds. The van der Waals surface area contributed by atoms with E-state index in [0.29, 0.717) is 5.41 Å². The Bertz CT molecular complexity index is 758. The van der Waals surface area contributed by atoms with Gasteiger partial charge >= 0.3 is 0 Å². The zero-order valence-electron chi connectivity index (χ0n) is 14.3. The Balaban J connectivity index is 1.57. The number of hydrogen-bond donors (Lipinski definition) is 1. The van der Waals surface area contributed by atoms with Crippen molar-refractivity contribution in [3.8, 4) is 0 Å². The SMILES string of the molecule is CCn1cc(C(=O)NCC23CCC(CC2)CC3)c2c(Br)cccc21. The molecule has 2 bridgehead atoms. The van der Waals surface area contributed by atoms with E-state index >= 15 is 0 Å². The molecule has 0 radical (unpaired) electrons. The molecule has 24 heavy (non-hydrogen) atoms. The summed E-state index contributed by atoms with van der Waals surface area (Å²) in [6.07, 6.45) is 9.94. The van der Waals surface area contributed by atoms with E-state index in [2.05, 4.69) is 38.8 Å². The first-order valence-electron chi connectivity index (χ1n) is 9.17. The van der Waals surface area contributed by atoms with Gasteiger partial charge in [-0.25, -0.2) is 0 Å². The Morgan fingerprint density at radius 2 is 2.00 bits per heavy atom. The number of nitrogens with zero attached hydrogens (tertiary/aromatic N) is 1. The fourth-order valence-electron chi connectivity index (χ4n) is 4.71. The van der Waals surface area contributed by atoms with Crippen LogP contribution in [0.25, 0.3) is 10.9 Å². The van der Waals surface area contributed by atoms with Gasteiger partial charge in [0.2, 0.25) is 0 Å². The van der Waals surface area contributed by atoms with Crippen LogP contribution in [0.1, 0.15) is 55.8 Å². The van der Waals surface area contributed by atoms with Crippen LogP contribution in [-0.2, 0) is 6.54 Å². The van der Waals surface area contributed by atoms with Gasteiger partial charge in [-0.05, 0) is 68.9 Å². The van der Waals surface area contributed by atoms with E-state index in [1.54, 1.807) is 0 Å². The molecule has 3 fully saturated rings. The van der Waals surface area contributed by atoms with Gasteiger partial charge < -0.3 is 9.88 Å². The second-order valence-corrected chi connectivity index (χ2v) is 8.48. The molecule has 3 aliphatic carbocycles. The monoisotopic (exact) mass is 388 g/mol. The summed E-state index contributed by atoms with van der Waals surface area (Å²) >= 11 is 3.62. The highest BCUT2D eigenvalue weighted by molar-refractivity contribution is 9.10. The number of halogens is 1. The van der Waals surface area contributed by atoms with Crippen LogP contribution in [0.15, 0.2) is 28.9 Å². The molecular weight excluding hydrogens is 364 g/mol. The maximum Gasteiger partial charge on any atom is 0.253 e. The van der Waals surface area contributed by atoms with Crippen molar-refractivity contribution in [1.29, 1.82) is 0 Å². The molecule has 3 nitrogen and oxygen atoms in total. The van der Waals surface area contributed by atoms with E-state index in [0.717, 1.165) is 39.9 Å². The van der Waals surface area contributed by atoms with Crippen molar-refractivity contribution in [2.45, 2.75) is 52.0 Å². The third kappa shape index (κ3) is 2.69. The highest BCUT2D eigenvalue weighted by Gasteiger charge is 2.40. The van der Waals surface area contributed by atoms with Gasteiger partial charge in [0.1, 0.15) is 0 Å². The van der Waals surface area contributed by atoms with E-state index in [1.165, 1.54) is 38.5 Å². The molecule has 4 heteroatoms. The largest absolute Gasteiger partial charge is 0.351 e.